The smallest absolute Gasteiger partial charge is 0.322 e. The van der Waals surface area contributed by atoms with E-state index in [2.05, 4.69) is 26.6 Å². The molecule has 0 aliphatic heterocycles. The Morgan fingerprint density at radius 2 is 1.25 bits per heavy atom. The predicted octanol–water partition coefficient (Wildman–Crippen LogP) is 1.49. The molecule has 14 nitrogen and oxygen atoms in total. The summed E-state index contributed by atoms with van der Waals surface area (Å²) in [5, 5.41) is 32.1. The molecule has 6 atom stereocenters. The fourth-order valence-corrected chi connectivity index (χ4v) is 5.76. The summed E-state index contributed by atoms with van der Waals surface area (Å²) in [6.45, 7) is 6.68. The Bertz CT molecular complexity index is 1480. The van der Waals surface area contributed by atoms with Gasteiger partial charge in [-0.2, -0.15) is 11.8 Å². The molecule has 15 heteroatoms. The first kappa shape index (κ1) is 43.5. The van der Waals surface area contributed by atoms with Crippen LogP contribution in [0.1, 0.15) is 58.1 Å². The average molecular weight is 743 g/mol. The van der Waals surface area contributed by atoms with E-state index in [0.717, 1.165) is 5.56 Å². The van der Waals surface area contributed by atoms with Gasteiger partial charge in [0.2, 0.25) is 29.5 Å². The number of carboxylic acids is 1. The van der Waals surface area contributed by atoms with Gasteiger partial charge >= 0.3 is 5.97 Å². The van der Waals surface area contributed by atoms with Crippen LogP contribution in [0.4, 0.5) is 0 Å². The van der Waals surface area contributed by atoms with Crippen molar-refractivity contribution in [2.24, 2.45) is 17.6 Å². The lowest BCUT2D eigenvalue weighted by atomic mass is 9.96. The molecular weight excluding hydrogens is 689 g/mol. The fraction of sp³-hybridized carbons (Fsp3) is 0.514. The van der Waals surface area contributed by atoms with Gasteiger partial charge in [-0.1, -0.05) is 76.6 Å². The number of hydrogen-bond acceptors (Lipinski definition) is 9. The summed E-state index contributed by atoms with van der Waals surface area (Å²) < 4.78 is 0. The van der Waals surface area contributed by atoms with Crippen LogP contribution < -0.4 is 32.3 Å². The lowest BCUT2D eigenvalue weighted by Crippen LogP contribution is -2.60. The first-order valence-corrected chi connectivity index (χ1v) is 18.8. The van der Waals surface area contributed by atoms with Crippen LogP contribution in [0.5, 0.6) is 5.75 Å². The highest BCUT2D eigenvalue weighted by Gasteiger charge is 2.33. The number of hydrogen-bond donors (Lipinski definition) is 8. The molecule has 0 saturated carbocycles. The highest BCUT2D eigenvalue weighted by Crippen LogP contribution is 2.14. The van der Waals surface area contributed by atoms with Gasteiger partial charge in [0.05, 0.1) is 6.04 Å². The number of nitrogens with one attached hydrogen (secondary N) is 5. The zero-order chi connectivity index (χ0) is 38.8. The third kappa shape index (κ3) is 15.3. The summed E-state index contributed by atoms with van der Waals surface area (Å²) in [6.07, 6.45) is 3.07. The molecule has 0 fully saturated rings. The molecule has 0 aromatic heterocycles. The number of rotatable bonds is 22. The summed E-state index contributed by atoms with van der Waals surface area (Å²) >= 11 is 1.53. The molecule has 0 aliphatic rings. The number of phenols is 1. The third-order valence-electron chi connectivity index (χ3n) is 8.44. The zero-order valence-electron chi connectivity index (χ0n) is 30.5. The van der Waals surface area contributed by atoms with Crippen LogP contribution in [-0.2, 0) is 41.6 Å². The molecule has 286 valence electrons. The maximum absolute atomic E-state index is 14.0. The molecular formula is C37H54N6O8S. The van der Waals surface area contributed by atoms with Crippen molar-refractivity contribution >= 4 is 47.3 Å². The summed E-state index contributed by atoms with van der Waals surface area (Å²) in [4.78, 5) is 78.7. The second kappa shape index (κ2) is 22.3. The molecule has 2 aromatic rings. The van der Waals surface area contributed by atoms with Crippen molar-refractivity contribution in [1.82, 2.24) is 26.6 Å². The summed E-state index contributed by atoms with van der Waals surface area (Å²) in [5.41, 5.74) is 7.46. The maximum Gasteiger partial charge on any atom is 0.322 e. The quantitative estimate of drug-likeness (QED) is 0.0867. The van der Waals surface area contributed by atoms with Crippen molar-refractivity contribution < 1.29 is 39.0 Å². The van der Waals surface area contributed by atoms with E-state index >= 15 is 0 Å². The molecule has 9 N–H and O–H groups in total. The molecule has 0 spiro atoms. The Kier molecular flexibility index (Phi) is 18.7. The molecule has 0 radical (unpaired) electrons. The highest BCUT2D eigenvalue weighted by molar-refractivity contribution is 7.98. The monoisotopic (exact) mass is 742 g/mol. The number of aliphatic carboxylic acids is 1. The van der Waals surface area contributed by atoms with E-state index in [9.17, 15) is 33.9 Å². The Hall–Kier alpha value is -4.63. The average Bonchev–Trinajstić information content (AvgIpc) is 3.11. The van der Waals surface area contributed by atoms with E-state index in [1.807, 2.05) is 27.0 Å². The number of nitrogens with two attached hydrogens (primary N) is 1. The largest absolute Gasteiger partial charge is 0.508 e. The Labute approximate surface area is 309 Å². The molecule has 0 saturated heterocycles. The van der Waals surface area contributed by atoms with Crippen molar-refractivity contribution in [3.05, 3.63) is 65.7 Å². The third-order valence-corrected chi connectivity index (χ3v) is 9.09. The predicted molar refractivity (Wildman–Crippen MR) is 200 cm³/mol. The number of carbonyl (C=O) groups excluding carboxylic acids is 5. The van der Waals surface area contributed by atoms with Crippen molar-refractivity contribution in [1.29, 1.82) is 0 Å². The minimum Gasteiger partial charge on any atom is -0.508 e. The van der Waals surface area contributed by atoms with Gasteiger partial charge in [-0.05, 0) is 59.9 Å². The zero-order valence-corrected chi connectivity index (χ0v) is 31.3. The van der Waals surface area contributed by atoms with E-state index in [4.69, 9.17) is 10.8 Å². The van der Waals surface area contributed by atoms with Gasteiger partial charge < -0.3 is 42.5 Å². The van der Waals surface area contributed by atoms with Crippen molar-refractivity contribution in [3.8, 4) is 5.75 Å². The number of amides is 5. The molecule has 0 bridgehead atoms. The number of carboxylic acid groups (broad SMARTS) is 1. The normalized spacial score (nSPS) is 14.5. The van der Waals surface area contributed by atoms with E-state index in [1.54, 1.807) is 49.4 Å². The van der Waals surface area contributed by atoms with Crippen LogP contribution >= 0.6 is 11.8 Å². The van der Waals surface area contributed by atoms with E-state index in [0.29, 0.717) is 24.2 Å². The Balaban J connectivity index is 2.38. The van der Waals surface area contributed by atoms with Gasteiger partial charge in [-0.3, -0.25) is 28.8 Å². The molecule has 0 unspecified atom stereocenters. The second-order valence-corrected chi connectivity index (χ2v) is 14.2. The molecule has 5 amide bonds. The van der Waals surface area contributed by atoms with Crippen molar-refractivity contribution in [2.45, 2.75) is 90.0 Å². The lowest BCUT2D eigenvalue weighted by Gasteiger charge is -2.29. The SMILES string of the molecule is CC[C@H](C)[C@H](NC(=O)[C@H](Cc1ccccc1)NC(=O)[C@H](CC(C)C)NC(=O)[C@H](Cc1ccc(O)cc1)NC(=O)[C@@H](N)CCSC)C(=O)NCC(=O)O. The van der Waals surface area contributed by atoms with Crippen molar-refractivity contribution in [3.63, 3.8) is 0 Å². The molecule has 0 aliphatic carbocycles. The standard InChI is InChI=1S/C37H54N6O8S/c1-6-23(4)32(37(51)39-21-31(45)46)43-36(50)30(19-24-10-8-7-9-11-24)42-34(48)28(18-22(2)3)41-35(49)29(20-25-12-14-26(44)15-13-25)40-33(47)27(38)16-17-52-5/h7-15,22-23,27-30,32,44H,6,16-21,38H2,1-5H3,(H,39,51)(H,40,47)(H,41,49)(H,42,48)(H,43,50)(H,45,46)/t23-,27-,28-,29-,30-,32-/m0/s1. The first-order valence-electron chi connectivity index (χ1n) is 17.4. The van der Waals surface area contributed by atoms with Crippen LogP contribution in [-0.4, -0.2) is 94.5 Å². The topological polar surface area (TPSA) is 229 Å². The van der Waals surface area contributed by atoms with Gasteiger partial charge in [-0.25, -0.2) is 0 Å². The van der Waals surface area contributed by atoms with E-state index < -0.39 is 72.3 Å². The van der Waals surface area contributed by atoms with Crippen LogP contribution in [0, 0.1) is 11.8 Å². The maximum atomic E-state index is 14.0. The summed E-state index contributed by atoms with van der Waals surface area (Å²) in [5.74, 6) is -4.16. The molecule has 2 aromatic carbocycles. The van der Waals surface area contributed by atoms with Gasteiger partial charge in [0.25, 0.3) is 0 Å². The number of benzene rings is 2. The van der Waals surface area contributed by atoms with Crippen LogP contribution in [0.25, 0.3) is 0 Å². The number of phenolic OH excluding ortho intramolecular Hbond substituents is 1. The molecule has 0 heterocycles. The molecule has 2 rings (SSSR count). The number of aromatic hydroxyl groups is 1. The lowest BCUT2D eigenvalue weighted by molar-refractivity contribution is -0.139. The summed E-state index contributed by atoms with van der Waals surface area (Å²) in [6, 6.07) is 9.75. The van der Waals surface area contributed by atoms with Gasteiger partial charge in [-0.15, -0.1) is 0 Å². The number of thioether (sulfide) groups is 1. The Morgan fingerprint density at radius 1 is 0.731 bits per heavy atom. The van der Waals surface area contributed by atoms with Crippen molar-refractivity contribution in [2.75, 3.05) is 18.6 Å². The highest BCUT2D eigenvalue weighted by atomic mass is 32.2. The molecule has 52 heavy (non-hydrogen) atoms. The van der Waals surface area contributed by atoms with E-state index in [1.165, 1.54) is 23.9 Å². The van der Waals surface area contributed by atoms with Crippen LogP contribution in [0.2, 0.25) is 0 Å². The van der Waals surface area contributed by atoms with Crippen LogP contribution in [0.3, 0.4) is 0 Å². The van der Waals surface area contributed by atoms with Crippen LogP contribution in [0.15, 0.2) is 54.6 Å². The van der Waals surface area contributed by atoms with E-state index in [-0.39, 0.29) is 36.8 Å². The van der Waals surface area contributed by atoms with Gasteiger partial charge in [0.1, 0.15) is 36.5 Å². The number of carbonyl (C=O) groups is 6. The summed E-state index contributed by atoms with van der Waals surface area (Å²) in [7, 11) is 0. The second-order valence-electron chi connectivity index (χ2n) is 13.2. The minimum absolute atomic E-state index is 0.0343. The minimum atomic E-state index is -1.24. The Morgan fingerprint density at radius 3 is 1.79 bits per heavy atom. The van der Waals surface area contributed by atoms with Gasteiger partial charge in [0, 0.05) is 12.8 Å². The first-order chi connectivity index (χ1) is 24.6. The fourth-order valence-electron chi connectivity index (χ4n) is 5.27. The van der Waals surface area contributed by atoms with Gasteiger partial charge in [0.15, 0.2) is 0 Å².